The average Bonchev–Trinajstić information content (AvgIpc) is 3.14. The minimum Gasteiger partial charge on any atom is -0.462 e. The van der Waals surface area contributed by atoms with E-state index >= 15 is 0 Å². The fourth-order valence-electron chi connectivity index (χ4n) is 5.28. The number of hydrogen-bond donors (Lipinski definition) is 4. The van der Waals surface area contributed by atoms with Gasteiger partial charge in [-0.25, -0.2) is 4.57 Å². The number of hydrogen-bond acceptors (Lipinski definition) is 10. The molecule has 0 aromatic carbocycles. The molecule has 0 aliphatic rings. The van der Waals surface area contributed by atoms with E-state index < -0.39 is 57.9 Å². The molecule has 1 unspecified atom stereocenters. The lowest BCUT2D eigenvalue weighted by Crippen LogP contribution is -2.29. The summed E-state index contributed by atoms with van der Waals surface area (Å²) in [5, 5.41) is 28.2. The van der Waals surface area contributed by atoms with Gasteiger partial charge in [-0.2, -0.15) is 0 Å². The van der Waals surface area contributed by atoms with Crippen LogP contribution in [0.25, 0.3) is 0 Å². The van der Waals surface area contributed by atoms with Crippen LogP contribution in [-0.4, -0.2) is 76.9 Å². The molecule has 0 fully saturated rings. The molecule has 0 amide bonds. The van der Waals surface area contributed by atoms with Crippen molar-refractivity contribution in [2.24, 2.45) is 5.92 Å². The summed E-state index contributed by atoms with van der Waals surface area (Å²) < 4.78 is 32.6. The molecule has 0 saturated heterocycles. The summed E-state index contributed by atoms with van der Waals surface area (Å²) in [4.78, 5) is 34.9. The predicted octanol–water partition coefficient (Wildman–Crippen LogP) is 9.38. The molecule has 0 spiro atoms. The van der Waals surface area contributed by atoms with Crippen molar-refractivity contribution in [1.82, 2.24) is 0 Å². The summed E-state index contributed by atoms with van der Waals surface area (Å²) in [5.41, 5.74) is 0. The molecule has 0 aliphatic carbocycles. The molecule has 0 aromatic rings. The van der Waals surface area contributed by atoms with Crippen LogP contribution >= 0.6 is 7.82 Å². The number of aliphatic hydroxyl groups excluding tert-OH is 3. The summed E-state index contributed by atoms with van der Waals surface area (Å²) in [5.74, 6) is -0.237. The Kier molecular flexibility index (Phi) is 35.1. The number of ether oxygens (including phenoxy) is 2. The number of carbonyl (C=O) groups excluding carboxylic acids is 2. The van der Waals surface area contributed by atoms with Crippen LogP contribution in [0.15, 0.2) is 48.6 Å². The molecule has 0 heterocycles. The van der Waals surface area contributed by atoms with Gasteiger partial charge in [0.15, 0.2) is 6.10 Å². The highest BCUT2D eigenvalue weighted by Gasteiger charge is 2.27. The maximum absolute atomic E-state index is 12.6. The molecule has 0 radical (unpaired) electrons. The Labute approximate surface area is 326 Å². The van der Waals surface area contributed by atoms with Crippen LogP contribution in [0.2, 0.25) is 0 Å². The standard InChI is InChI=1S/C42H75O11P/c1-4-5-23-29-38(44)30-25-20-16-12-7-6-8-14-18-22-27-32-42(47)53-40(36-52-54(48,49)51-34-39(45)33-43)35-50-41(46)31-26-21-17-13-10-9-11-15-19-24-28-37(2)3/h6-7,14,16,18,20,25,30,37-40,43-45H,4-5,8-13,15,17,19,21-24,26-29,31-36H2,1-3H3,(H,48,49)/b7-6-,18-14-,20-16-,30-25+/t38-,39-,40+/m0/s1. The molecule has 4 atom stereocenters. The number of aliphatic hydroxyl groups is 3. The number of rotatable bonds is 37. The Bertz CT molecular complexity index is 1070. The van der Waals surface area contributed by atoms with Crippen LogP contribution in [0.3, 0.4) is 0 Å². The molecule has 54 heavy (non-hydrogen) atoms. The third-order valence-electron chi connectivity index (χ3n) is 8.52. The van der Waals surface area contributed by atoms with Crippen LogP contribution in [0, 0.1) is 5.92 Å². The van der Waals surface area contributed by atoms with Crippen molar-refractivity contribution in [1.29, 1.82) is 0 Å². The van der Waals surface area contributed by atoms with Gasteiger partial charge in [-0.1, -0.05) is 153 Å². The van der Waals surface area contributed by atoms with Crippen molar-refractivity contribution in [3.8, 4) is 0 Å². The van der Waals surface area contributed by atoms with Gasteiger partial charge < -0.3 is 29.7 Å². The monoisotopic (exact) mass is 787 g/mol. The van der Waals surface area contributed by atoms with E-state index in [1.54, 1.807) is 0 Å². The Balaban J connectivity index is 4.48. The van der Waals surface area contributed by atoms with E-state index in [-0.39, 0.29) is 19.4 Å². The molecule has 4 N–H and O–H groups in total. The average molecular weight is 787 g/mol. The number of esters is 2. The van der Waals surface area contributed by atoms with Gasteiger partial charge in [-0.15, -0.1) is 0 Å². The predicted molar refractivity (Wildman–Crippen MR) is 216 cm³/mol. The first-order valence-electron chi connectivity index (χ1n) is 20.6. The van der Waals surface area contributed by atoms with Crippen molar-refractivity contribution >= 4 is 19.8 Å². The molecule has 0 aromatic heterocycles. The summed E-state index contributed by atoms with van der Waals surface area (Å²) in [6.07, 6.45) is 32.8. The van der Waals surface area contributed by atoms with Gasteiger partial charge in [-0.3, -0.25) is 18.6 Å². The fraction of sp³-hybridized carbons (Fsp3) is 0.762. The highest BCUT2D eigenvalue weighted by Crippen LogP contribution is 2.43. The number of allylic oxidation sites excluding steroid dienone is 7. The second kappa shape index (κ2) is 36.5. The van der Waals surface area contributed by atoms with Gasteiger partial charge in [0, 0.05) is 12.8 Å². The lowest BCUT2D eigenvalue weighted by atomic mass is 10.0. The SMILES string of the molecule is CCCCC[C@H](O)/C=C/C=C\C/C=C\C/C=C\CCCC(=O)O[C@H](COC(=O)CCCCCCCCCCCCC(C)C)COP(=O)(O)OC[C@@H](O)CO. The van der Waals surface area contributed by atoms with E-state index in [0.29, 0.717) is 19.3 Å². The highest BCUT2D eigenvalue weighted by atomic mass is 31.2. The first kappa shape index (κ1) is 51.9. The van der Waals surface area contributed by atoms with Crippen LogP contribution in [0.5, 0.6) is 0 Å². The minimum atomic E-state index is -4.64. The largest absolute Gasteiger partial charge is 0.472 e. The van der Waals surface area contributed by atoms with Gasteiger partial charge in [0.1, 0.15) is 12.7 Å². The summed E-state index contributed by atoms with van der Waals surface area (Å²) in [6, 6.07) is 0. The normalized spacial score (nSPS) is 15.1. The number of carbonyl (C=O) groups is 2. The maximum atomic E-state index is 12.6. The molecule has 11 nitrogen and oxygen atoms in total. The topological polar surface area (TPSA) is 169 Å². The van der Waals surface area contributed by atoms with E-state index in [2.05, 4.69) is 37.4 Å². The molecule has 0 bridgehead atoms. The van der Waals surface area contributed by atoms with Crippen molar-refractivity contribution in [3.63, 3.8) is 0 Å². The van der Waals surface area contributed by atoms with Crippen LogP contribution in [-0.2, 0) is 32.7 Å². The fourth-order valence-corrected chi connectivity index (χ4v) is 6.07. The minimum absolute atomic E-state index is 0.0877. The zero-order valence-electron chi connectivity index (χ0n) is 33.7. The van der Waals surface area contributed by atoms with E-state index in [0.717, 1.165) is 63.7 Å². The summed E-state index contributed by atoms with van der Waals surface area (Å²) in [7, 11) is -4.64. The number of phosphoric ester groups is 1. The molecule has 0 saturated carbocycles. The lowest BCUT2D eigenvalue weighted by molar-refractivity contribution is -0.161. The van der Waals surface area contributed by atoms with Crippen molar-refractivity contribution in [3.05, 3.63) is 48.6 Å². The smallest absolute Gasteiger partial charge is 0.462 e. The van der Waals surface area contributed by atoms with Crippen molar-refractivity contribution in [2.45, 2.75) is 174 Å². The van der Waals surface area contributed by atoms with Gasteiger partial charge in [-0.05, 0) is 44.4 Å². The van der Waals surface area contributed by atoms with Crippen LogP contribution in [0.1, 0.15) is 156 Å². The third kappa shape index (κ3) is 36.8. The van der Waals surface area contributed by atoms with Crippen LogP contribution in [0.4, 0.5) is 0 Å². The van der Waals surface area contributed by atoms with Crippen molar-refractivity contribution in [2.75, 3.05) is 26.4 Å². The molecule has 0 aliphatic heterocycles. The van der Waals surface area contributed by atoms with E-state index in [4.69, 9.17) is 19.1 Å². The van der Waals surface area contributed by atoms with Crippen molar-refractivity contribution < 1.29 is 52.9 Å². The molecular formula is C42H75O11P. The van der Waals surface area contributed by atoms with Gasteiger partial charge in [0.2, 0.25) is 0 Å². The van der Waals surface area contributed by atoms with E-state index in [1.807, 2.05) is 36.5 Å². The maximum Gasteiger partial charge on any atom is 0.472 e. The number of phosphoric acid groups is 1. The Morgan fingerprint density at radius 1 is 0.667 bits per heavy atom. The van der Waals surface area contributed by atoms with E-state index in [1.165, 1.54) is 44.9 Å². The Hall–Kier alpha value is -2.11. The zero-order chi connectivity index (χ0) is 40.1. The van der Waals surface area contributed by atoms with E-state index in [9.17, 15) is 29.3 Å². The second-order valence-corrected chi connectivity index (χ2v) is 15.8. The molecule has 0 rings (SSSR count). The van der Waals surface area contributed by atoms with Crippen LogP contribution < -0.4 is 0 Å². The third-order valence-corrected chi connectivity index (χ3v) is 9.47. The zero-order valence-corrected chi connectivity index (χ0v) is 34.6. The number of unbranched alkanes of at least 4 members (excludes halogenated alkanes) is 12. The van der Waals surface area contributed by atoms with Gasteiger partial charge in [0.05, 0.1) is 25.9 Å². The molecule has 314 valence electrons. The molecular weight excluding hydrogens is 711 g/mol. The second-order valence-electron chi connectivity index (χ2n) is 14.3. The Morgan fingerprint density at radius 3 is 1.89 bits per heavy atom. The lowest BCUT2D eigenvalue weighted by Gasteiger charge is -2.20. The Morgan fingerprint density at radius 2 is 1.24 bits per heavy atom. The highest BCUT2D eigenvalue weighted by molar-refractivity contribution is 7.47. The van der Waals surface area contributed by atoms with Gasteiger partial charge >= 0.3 is 19.8 Å². The summed E-state index contributed by atoms with van der Waals surface area (Å²) >= 11 is 0. The molecule has 12 heteroatoms. The summed E-state index contributed by atoms with van der Waals surface area (Å²) in [6.45, 7) is 4.46. The van der Waals surface area contributed by atoms with Gasteiger partial charge in [0.25, 0.3) is 0 Å². The first-order chi connectivity index (χ1) is 26.0. The first-order valence-corrected chi connectivity index (χ1v) is 22.1. The quantitative estimate of drug-likeness (QED) is 0.0156.